The number of allylic oxidation sites excluding steroid dienone is 1. The van der Waals surface area contributed by atoms with Gasteiger partial charge in [-0.2, -0.15) is 0 Å². The van der Waals surface area contributed by atoms with E-state index in [4.69, 9.17) is 14.6 Å². The Labute approximate surface area is 117 Å². The van der Waals surface area contributed by atoms with Gasteiger partial charge >= 0.3 is 5.97 Å². The summed E-state index contributed by atoms with van der Waals surface area (Å²) in [6.07, 6.45) is 1.20. The molecule has 0 radical (unpaired) electrons. The summed E-state index contributed by atoms with van der Waals surface area (Å²) in [5, 5.41) is 10.6. The van der Waals surface area contributed by atoms with Crippen LogP contribution in [0.5, 0.6) is 11.5 Å². The standard InChI is InChI=1S/C16H16O4/c1-10(9-15(17)18)11-7-8-14(20-3)16-12(11)5-4-6-13(16)19-2/h4-9H,1-3H3,(H,17,18)/b10-9-. The second-order valence-corrected chi connectivity index (χ2v) is 4.36. The SMILES string of the molecule is COc1cccc2c(/C(C)=C\C(=O)O)ccc(OC)c12. The van der Waals surface area contributed by atoms with E-state index >= 15 is 0 Å². The molecule has 0 heterocycles. The fourth-order valence-electron chi connectivity index (χ4n) is 2.29. The molecular formula is C16H16O4. The van der Waals surface area contributed by atoms with Crippen molar-refractivity contribution in [1.82, 2.24) is 0 Å². The first-order valence-electron chi connectivity index (χ1n) is 6.13. The highest BCUT2D eigenvalue weighted by Gasteiger charge is 2.12. The number of carboxylic acids is 1. The topological polar surface area (TPSA) is 55.8 Å². The molecule has 0 aliphatic carbocycles. The van der Waals surface area contributed by atoms with Gasteiger partial charge < -0.3 is 14.6 Å². The molecule has 20 heavy (non-hydrogen) atoms. The number of carbonyl (C=O) groups is 1. The molecule has 0 spiro atoms. The molecule has 0 unspecified atom stereocenters. The quantitative estimate of drug-likeness (QED) is 0.867. The van der Waals surface area contributed by atoms with Crippen molar-refractivity contribution >= 4 is 22.3 Å². The second-order valence-electron chi connectivity index (χ2n) is 4.36. The van der Waals surface area contributed by atoms with Gasteiger partial charge in [-0.05, 0) is 35.6 Å². The van der Waals surface area contributed by atoms with E-state index < -0.39 is 5.97 Å². The summed E-state index contributed by atoms with van der Waals surface area (Å²) in [6, 6.07) is 9.33. The van der Waals surface area contributed by atoms with Crippen LogP contribution < -0.4 is 9.47 Å². The summed E-state index contributed by atoms with van der Waals surface area (Å²) in [7, 11) is 3.20. The van der Waals surface area contributed by atoms with Crippen LogP contribution in [0.1, 0.15) is 12.5 Å². The summed E-state index contributed by atoms with van der Waals surface area (Å²) in [6.45, 7) is 1.77. The number of benzene rings is 2. The lowest BCUT2D eigenvalue weighted by molar-refractivity contribution is -0.131. The minimum Gasteiger partial charge on any atom is -0.496 e. The van der Waals surface area contributed by atoms with Gasteiger partial charge in [0.1, 0.15) is 11.5 Å². The molecule has 1 N–H and O–H groups in total. The molecule has 0 amide bonds. The summed E-state index contributed by atoms with van der Waals surface area (Å²) in [5.41, 5.74) is 1.53. The molecule has 2 aromatic carbocycles. The minimum atomic E-state index is -0.964. The second kappa shape index (κ2) is 5.65. The number of fused-ring (bicyclic) bond motifs is 1. The maximum absolute atomic E-state index is 10.8. The van der Waals surface area contributed by atoms with Crippen LogP contribution in [0.25, 0.3) is 16.3 Å². The number of hydrogen-bond donors (Lipinski definition) is 1. The van der Waals surface area contributed by atoms with E-state index in [-0.39, 0.29) is 0 Å². The number of ether oxygens (including phenoxy) is 2. The van der Waals surface area contributed by atoms with Gasteiger partial charge in [0.2, 0.25) is 0 Å². The lowest BCUT2D eigenvalue weighted by Crippen LogP contribution is -1.94. The van der Waals surface area contributed by atoms with Crippen LogP contribution in [0.15, 0.2) is 36.4 Å². The number of rotatable bonds is 4. The molecular weight excluding hydrogens is 256 g/mol. The molecule has 0 aliphatic heterocycles. The number of methoxy groups -OCH3 is 2. The molecule has 0 aromatic heterocycles. The first-order valence-corrected chi connectivity index (χ1v) is 6.13. The monoisotopic (exact) mass is 272 g/mol. The third-order valence-corrected chi connectivity index (χ3v) is 3.17. The number of hydrogen-bond acceptors (Lipinski definition) is 3. The highest BCUT2D eigenvalue weighted by atomic mass is 16.5. The predicted octanol–water partition coefficient (Wildman–Crippen LogP) is 3.34. The maximum atomic E-state index is 10.8. The molecule has 0 saturated heterocycles. The molecule has 0 saturated carbocycles. The fraction of sp³-hybridized carbons (Fsp3) is 0.188. The van der Waals surface area contributed by atoms with Gasteiger partial charge in [0.25, 0.3) is 0 Å². The smallest absolute Gasteiger partial charge is 0.328 e. The van der Waals surface area contributed by atoms with E-state index in [1.165, 1.54) is 6.08 Å². The Morgan fingerprint density at radius 1 is 1.10 bits per heavy atom. The summed E-state index contributed by atoms with van der Waals surface area (Å²) in [5.74, 6) is 0.433. The van der Waals surface area contributed by atoms with Crippen molar-refractivity contribution in [1.29, 1.82) is 0 Å². The van der Waals surface area contributed by atoms with E-state index in [2.05, 4.69) is 0 Å². The third-order valence-electron chi connectivity index (χ3n) is 3.17. The molecule has 0 atom stereocenters. The first-order chi connectivity index (χ1) is 9.58. The average molecular weight is 272 g/mol. The fourth-order valence-corrected chi connectivity index (χ4v) is 2.29. The summed E-state index contributed by atoms with van der Waals surface area (Å²) in [4.78, 5) is 10.8. The van der Waals surface area contributed by atoms with Gasteiger partial charge in [0.05, 0.1) is 19.6 Å². The Kier molecular flexibility index (Phi) is 3.94. The molecule has 4 nitrogen and oxygen atoms in total. The molecule has 2 aromatic rings. The van der Waals surface area contributed by atoms with Crippen molar-refractivity contribution in [3.8, 4) is 11.5 Å². The lowest BCUT2D eigenvalue weighted by atomic mass is 9.97. The Balaban J connectivity index is 2.80. The molecule has 0 aliphatic rings. The van der Waals surface area contributed by atoms with Gasteiger partial charge in [0.15, 0.2) is 0 Å². The maximum Gasteiger partial charge on any atom is 0.328 e. The third kappa shape index (κ3) is 2.45. The van der Waals surface area contributed by atoms with Gasteiger partial charge in [-0.25, -0.2) is 4.79 Å². The van der Waals surface area contributed by atoms with Crippen molar-refractivity contribution in [2.45, 2.75) is 6.92 Å². The van der Waals surface area contributed by atoms with Gasteiger partial charge in [0, 0.05) is 6.08 Å². The van der Waals surface area contributed by atoms with Gasteiger partial charge in [-0.15, -0.1) is 0 Å². The number of aliphatic carboxylic acids is 1. The normalized spacial score (nSPS) is 11.4. The van der Waals surface area contributed by atoms with Crippen molar-refractivity contribution in [3.05, 3.63) is 42.0 Å². The Morgan fingerprint density at radius 2 is 1.75 bits per heavy atom. The lowest BCUT2D eigenvalue weighted by Gasteiger charge is -2.13. The van der Waals surface area contributed by atoms with Crippen molar-refractivity contribution in [2.75, 3.05) is 14.2 Å². The van der Waals surface area contributed by atoms with E-state index in [9.17, 15) is 4.79 Å². The minimum absolute atomic E-state index is 0.679. The zero-order valence-corrected chi connectivity index (χ0v) is 11.6. The van der Waals surface area contributed by atoms with E-state index in [0.717, 1.165) is 16.3 Å². The van der Waals surface area contributed by atoms with Crippen LogP contribution in [-0.4, -0.2) is 25.3 Å². The largest absolute Gasteiger partial charge is 0.496 e. The Morgan fingerprint density at radius 3 is 2.35 bits per heavy atom. The van der Waals surface area contributed by atoms with Crippen molar-refractivity contribution in [2.24, 2.45) is 0 Å². The summed E-state index contributed by atoms with van der Waals surface area (Å²) < 4.78 is 10.7. The Bertz CT molecular complexity index is 676. The first kappa shape index (κ1) is 13.9. The summed E-state index contributed by atoms with van der Waals surface area (Å²) >= 11 is 0. The van der Waals surface area contributed by atoms with Gasteiger partial charge in [-0.1, -0.05) is 18.2 Å². The molecule has 0 fully saturated rings. The molecule has 104 valence electrons. The van der Waals surface area contributed by atoms with Gasteiger partial charge in [-0.3, -0.25) is 0 Å². The molecule has 4 heteroatoms. The van der Waals surface area contributed by atoms with Crippen molar-refractivity contribution in [3.63, 3.8) is 0 Å². The van der Waals surface area contributed by atoms with E-state index in [1.54, 1.807) is 21.1 Å². The van der Waals surface area contributed by atoms with Crippen LogP contribution in [-0.2, 0) is 4.79 Å². The highest BCUT2D eigenvalue weighted by molar-refractivity contribution is 6.03. The van der Waals surface area contributed by atoms with Crippen LogP contribution in [0.4, 0.5) is 0 Å². The van der Waals surface area contributed by atoms with E-state index in [0.29, 0.717) is 17.1 Å². The van der Waals surface area contributed by atoms with Crippen LogP contribution >= 0.6 is 0 Å². The van der Waals surface area contributed by atoms with E-state index in [1.807, 2.05) is 30.3 Å². The Hall–Kier alpha value is -2.49. The average Bonchev–Trinajstić information content (AvgIpc) is 2.44. The number of carboxylic acid groups (broad SMARTS) is 1. The zero-order valence-electron chi connectivity index (χ0n) is 11.6. The molecule has 2 rings (SSSR count). The van der Waals surface area contributed by atoms with Crippen LogP contribution in [0, 0.1) is 0 Å². The zero-order chi connectivity index (χ0) is 14.7. The van der Waals surface area contributed by atoms with Crippen LogP contribution in [0.2, 0.25) is 0 Å². The molecule has 0 bridgehead atoms. The van der Waals surface area contributed by atoms with Crippen LogP contribution in [0.3, 0.4) is 0 Å². The van der Waals surface area contributed by atoms with Crippen molar-refractivity contribution < 1.29 is 19.4 Å². The highest BCUT2D eigenvalue weighted by Crippen LogP contribution is 2.37. The predicted molar refractivity (Wildman–Crippen MR) is 78.3 cm³/mol.